The summed E-state index contributed by atoms with van der Waals surface area (Å²) in [6.45, 7) is 6.97. The first-order chi connectivity index (χ1) is 14.0. The van der Waals surface area contributed by atoms with Crippen LogP contribution >= 0.6 is 0 Å². The van der Waals surface area contributed by atoms with E-state index >= 15 is 0 Å². The average Bonchev–Trinajstić information content (AvgIpc) is 2.68. The first kappa shape index (κ1) is 23.3. The van der Waals surface area contributed by atoms with E-state index in [4.69, 9.17) is 0 Å². The molecule has 0 radical (unpaired) electrons. The molecule has 0 spiro atoms. The van der Waals surface area contributed by atoms with Crippen molar-refractivity contribution in [3.8, 4) is 0 Å². The Morgan fingerprint density at radius 3 is 2.27 bits per heavy atom. The van der Waals surface area contributed by atoms with Gasteiger partial charge in [0.2, 0.25) is 15.9 Å². The molecule has 2 aromatic rings. The maximum Gasteiger partial charge on any atom is 0.271 e. The highest BCUT2D eigenvalue weighted by Gasteiger charge is 2.31. The number of nitro benzene ring substituents is 1. The second-order valence-electron chi connectivity index (χ2n) is 7.29. The molecule has 0 aromatic heterocycles. The van der Waals surface area contributed by atoms with Crippen molar-refractivity contribution >= 4 is 27.3 Å². The maximum atomic E-state index is 12.9. The number of carbonyl (C=O) groups is 1. The van der Waals surface area contributed by atoms with Crippen LogP contribution in [0.2, 0.25) is 0 Å². The van der Waals surface area contributed by atoms with Crippen LogP contribution in [0.4, 0.5) is 11.4 Å². The Morgan fingerprint density at radius 1 is 1.17 bits per heavy atom. The normalized spacial score (nSPS) is 13.4. The fourth-order valence-corrected chi connectivity index (χ4v) is 4.41. The number of aryl methyl sites for hydroxylation is 2. The van der Waals surface area contributed by atoms with Gasteiger partial charge in [-0.1, -0.05) is 37.3 Å². The number of carbonyl (C=O) groups excluding carboxylic acids is 1. The van der Waals surface area contributed by atoms with E-state index in [0.717, 1.165) is 22.5 Å². The van der Waals surface area contributed by atoms with Crippen molar-refractivity contribution in [2.24, 2.45) is 0 Å². The number of hydrogen-bond acceptors (Lipinski definition) is 5. The Morgan fingerprint density at radius 2 is 1.77 bits per heavy atom. The quantitative estimate of drug-likeness (QED) is 0.506. The number of anilines is 1. The summed E-state index contributed by atoms with van der Waals surface area (Å²) in [6, 6.07) is 10.3. The molecule has 0 saturated heterocycles. The minimum Gasteiger partial charge on any atom is -0.348 e. The molecule has 162 valence electrons. The molecule has 0 aliphatic rings. The maximum absolute atomic E-state index is 12.9. The Kier molecular flexibility index (Phi) is 7.20. The van der Waals surface area contributed by atoms with Gasteiger partial charge >= 0.3 is 0 Å². The number of hydrogen-bond donors (Lipinski definition) is 1. The van der Waals surface area contributed by atoms with Gasteiger partial charge in [0, 0.05) is 12.1 Å². The van der Waals surface area contributed by atoms with E-state index < -0.39 is 26.9 Å². The fraction of sp³-hybridized carbons (Fsp3) is 0.381. The SMILES string of the molecule is CCc1ccc([C@@H](C)NC(=O)[C@H](C)N(c2cc([N+](=O)[O-])ccc2C)S(C)(=O)=O)cc1. The monoisotopic (exact) mass is 433 g/mol. The molecule has 0 bridgehead atoms. The van der Waals surface area contributed by atoms with Crippen molar-refractivity contribution in [1.29, 1.82) is 0 Å². The van der Waals surface area contributed by atoms with E-state index in [1.54, 1.807) is 6.92 Å². The van der Waals surface area contributed by atoms with Gasteiger partial charge in [-0.2, -0.15) is 0 Å². The number of sulfonamides is 1. The van der Waals surface area contributed by atoms with E-state index in [0.29, 0.717) is 5.56 Å². The van der Waals surface area contributed by atoms with Crippen LogP contribution in [0.1, 0.15) is 43.5 Å². The molecule has 0 fully saturated rings. The van der Waals surface area contributed by atoms with E-state index in [1.165, 1.54) is 30.7 Å². The lowest BCUT2D eigenvalue weighted by atomic mass is 10.0. The Hall–Kier alpha value is -2.94. The van der Waals surface area contributed by atoms with Gasteiger partial charge in [-0.3, -0.25) is 19.2 Å². The van der Waals surface area contributed by atoms with Gasteiger partial charge in [0.05, 0.1) is 22.9 Å². The van der Waals surface area contributed by atoms with Crippen LogP contribution in [0.3, 0.4) is 0 Å². The number of nitro groups is 1. The zero-order chi connectivity index (χ0) is 22.6. The topological polar surface area (TPSA) is 110 Å². The molecule has 9 heteroatoms. The van der Waals surface area contributed by atoms with Crippen molar-refractivity contribution in [2.75, 3.05) is 10.6 Å². The predicted molar refractivity (Wildman–Crippen MR) is 117 cm³/mol. The molecule has 0 aliphatic heterocycles. The zero-order valence-electron chi connectivity index (χ0n) is 17.7. The van der Waals surface area contributed by atoms with Gasteiger partial charge in [0.25, 0.3) is 5.69 Å². The minimum absolute atomic E-state index is 0.106. The summed E-state index contributed by atoms with van der Waals surface area (Å²) < 4.78 is 26.0. The molecule has 1 N–H and O–H groups in total. The van der Waals surface area contributed by atoms with Crippen molar-refractivity contribution in [3.05, 3.63) is 69.3 Å². The summed E-state index contributed by atoms with van der Waals surface area (Å²) in [5.74, 6) is -0.501. The van der Waals surface area contributed by atoms with Gasteiger partial charge in [-0.15, -0.1) is 0 Å². The largest absolute Gasteiger partial charge is 0.348 e. The second kappa shape index (κ2) is 9.25. The van der Waals surface area contributed by atoms with Crippen molar-refractivity contribution in [3.63, 3.8) is 0 Å². The van der Waals surface area contributed by atoms with Crippen LogP contribution in [-0.2, 0) is 21.2 Å². The number of amides is 1. The van der Waals surface area contributed by atoms with Crippen LogP contribution < -0.4 is 9.62 Å². The summed E-state index contributed by atoms with van der Waals surface area (Å²) in [6.07, 6.45) is 1.88. The van der Waals surface area contributed by atoms with E-state index in [9.17, 15) is 23.3 Å². The summed E-state index contributed by atoms with van der Waals surface area (Å²) in [7, 11) is -3.89. The van der Waals surface area contributed by atoms with Crippen LogP contribution in [-0.4, -0.2) is 31.5 Å². The van der Waals surface area contributed by atoms with Crippen LogP contribution in [0.5, 0.6) is 0 Å². The molecular weight excluding hydrogens is 406 g/mol. The van der Waals surface area contributed by atoms with Gasteiger partial charge in [0.1, 0.15) is 6.04 Å². The summed E-state index contributed by atoms with van der Waals surface area (Å²) in [5, 5.41) is 14.0. The molecular formula is C21H27N3O5S. The van der Waals surface area contributed by atoms with E-state index in [1.807, 2.05) is 31.2 Å². The lowest BCUT2D eigenvalue weighted by molar-refractivity contribution is -0.384. The lowest BCUT2D eigenvalue weighted by Gasteiger charge is -2.30. The molecule has 30 heavy (non-hydrogen) atoms. The van der Waals surface area contributed by atoms with Gasteiger partial charge in [0.15, 0.2) is 0 Å². The first-order valence-electron chi connectivity index (χ1n) is 9.59. The molecule has 8 nitrogen and oxygen atoms in total. The summed E-state index contributed by atoms with van der Waals surface area (Å²) >= 11 is 0. The number of rotatable bonds is 8. The Labute approximate surface area is 177 Å². The third-order valence-corrected chi connectivity index (χ3v) is 6.20. The highest BCUT2D eigenvalue weighted by Crippen LogP contribution is 2.29. The molecule has 1 amide bonds. The average molecular weight is 434 g/mol. The molecule has 2 rings (SSSR count). The Balaban J connectivity index is 2.33. The highest BCUT2D eigenvalue weighted by atomic mass is 32.2. The van der Waals surface area contributed by atoms with E-state index in [-0.39, 0.29) is 17.4 Å². The third kappa shape index (κ3) is 5.35. The number of nitrogens with one attached hydrogen (secondary N) is 1. The first-order valence-corrected chi connectivity index (χ1v) is 11.4. The van der Waals surface area contributed by atoms with Crippen molar-refractivity contribution in [2.45, 2.75) is 46.2 Å². The smallest absolute Gasteiger partial charge is 0.271 e. The standard InChI is InChI=1S/C21H27N3O5S/c1-6-17-8-10-18(11-9-17)15(3)22-21(25)16(4)23(30(5,28)29)20-13-19(24(26)27)12-7-14(20)2/h7-13,15-16H,6H2,1-5H3,(H,22,25)/t15-,16+/m1/s1. The van der Waals surface area contributed by atoms with Crippen molar-refractivity contribution < 1.29 is 18.1 Å². The third-order valence-electron chi connectivity index (χ3n) is 4.98. The number of benzene rings is 2. The zero-order valence-corrected chi connectivity index (χ0v) is 18.6. The van der Waals surface area contributed by atoms with Crippen LogP contribution in [0, 0.1) is 17.0 Å². The predicted octanol–water partition coefficient (Wildman–Crippen LogP) is 3.50. The Bertz CT molecular complexity index is 1040. The number of non-ortho nitro benzene ring substituents is 1. The molecule has 0 aliphatic carbocycles. The van der Waals surface area contributed by atoms with E-state index in [2.05, 4.69) is 12.2 Å². The van der Waals surface area contributed by atoms with Gasteiger partial charge in [-0.05, 0) is 43.9 Å². The summed E-state index contributed by atoms with van der Waals surface area (Å²) in [5.41, 5.74) is 2.43. The molecule has 2 atom stereocenters. The van der Waals surface area contributed by atoms with Gasteiger partial charge < -0.3 is 5.32 Å². The van der Waals surface area contributed by atoms with Crippen molar-refractivity contribution in [1.82, 2.24) is 5.32 Å². The molecule has 0 unspecified atom stereocenters. The minimum atomic E-state index is -3.89. The molecule has 2 aromatic carbocycles. The number of nitrogens with zero attached hydrogens (tertiary/aromatic N) is 2. The fourth-order valence-electron chi connectivity index (χ4n) is 3.19. The van der Waals surface area contributed by atoms with Crippen LogP contribution in [0.15, 0.2) is 42.5 Å². The molecule has 0 saturated carbocycles. The highest BCUT2D eigenvalue weighted by molar-refractivity contribution is 7.92. The van der Waals surface area contributed by atoms with Crippen LogP contribution in [0.25, 0.3) is 0 Å². The van der Waals surface area contributed by atoms with Gasteiger partial charge in [-0.25, -0.2) is 8.42 Å². The lowest BCUT2D eigenvalue weighted by Crippen LogP contribution is -2.48. The second-order valence-corrected chi connectivity index (χ2v) is 9.15. The summed E-state index contributed by atoms with van der Waals surface area (Å²) in [4.78, 5) is 23.4. The molecule has 0 heterocycles.